The van der Waals surface area contributed by atoms with Crippen molar-refractivity contribution in [3.8, 4) is 11.4 Å². The lowest BCUT2D eigenvalue weighted by molar-refractivity contribution is -0.122. The summed E-state index contributed by atoms with van der Waals surface area (Å²) in [5, 5.41) is 14.8. The third-order valence-corrected chi connectivity index (χ3v) is 4.27. The van der Waals surface area contributed by atoms with E-state index >= 15 is 0 Å². The van der Waals surface area contributed by atoms with E-state index in [1.54, 1.807) is 4.68 Å². The molecule has 0 fully saturated rings. The molecule has 2 aromatic carbocycles. The quantitative estimate of drug-likeness (QED) is 0.664. The molecule has 3 rings (SSSR count). The van der Waals surface area contributed by atoms with Crippen LogP contribution in [-0.2, 0) is 11.3 Å². The average molecular weight is 365 g/mol. The van der Waals surface area contributed by atoms with Crippen LogP contribution in [0.15, 0.2) is 54.6 Å². The zero-order valence-corrected chi connectivity index (χ0v) is 15.5. The molecule has 0 saturated heterocycles. The normalized spacial score (nSPS) is 11.8. The highest BCUT2D eigenvalue weighted by atomic mass is 16.5. The van der Waals surface area contributed by atoms with Crippen LogP contribution in [-0.4, -0.2) is 32.7 Å². The van der Waals surface area contributed by atoms with Crippen molar-refractivity contribution >= 4 is 5.91 Å². The van der Waals surface area contributed by atoms with E-state index in [9.17, 15) is 4.79 Å². The van der Waals surface area contributed by atoms with Gasteiger partial charge in [-0.1, -0.05) is 37.3 Å². The molecule has 1 amide bonds. The highest BCUT2D eigenvalue weighted by Crippen LogP contribution is 2.19. The van der Waals surface area contributed by atoms with Gasteiger partial charge in [0.05, 0.1) is 24.8 Å². The van der Waals surface area contributed by atoms with Crippen molar-refractivity contribution in [1.82, 2.24) is 25.5 Å². The van der Waals surface area contributed by atoms with Crippen LogP contribution in [0.25, 0.3) is 5.69 Å². The van der Waals surface area contributed by atoms with Crippen molar-refractivity contribution in [2.24, 2.45) is 0 Å². The maximum absolute atomic E-state index is 12.6. The molecule has 0 radical (unpaired) electrons. The number of nitrogens with one attached hydrogen (secondary N) is 1. The summed E-state index contributed by atoms with van der Waals surface area (Å²) in [6, 6.07) is 17.3. The molecule has 7 heteroatoms. The molecule has 3 aromatic rings. The van der Waals surface area contributed by atoms with Crippen molar-refractivity contribution < 1.29 is 9.53 Å². The predicted octanol–water partition coefficient (Wildman–Crippen LogP) is 2.87. The van der Waals surface area contributed by atoms with Gasteiger partial charge in [0, 0.05) is 0 Å². The van der Waals surface area contributed by atoms with Crippen molar-refractivity contribution in [2.75, 3.05) is 6.61 Å². The minimum atomic E-state index is -0.194. The fraction of sp³-hybridized carbons (Fsp3) is 0.300. The summed E-state index contributed by atoms with van der Waals surface area (Å²) in [5.41, 5.74) is 1.81. The fourth-order valence-electron chi connectivity index (χ4n) is 2.91. The van der Waals surface area contributed by atoms with E-state index in [1.165, 1.54) is 0 Å². The SMILES string of the molecule is CCOc1ccc(-n2nnnc2CNC(=O)[C@@H](CC)c2ccccc2)cc1. The first-order valence-corrected chi connectivity index (χ1v) is 9.06. The van der Waals surface area contributed by atoms with Gasteiger partial charge >= 0.3 is 0 Å². The zero-order valence-electron chi connectivity index (χ0n) is 15.5. The summed E-state index contributed by atoms with van der Waals surface area (Å²) in [4.78, 5) is 12.6. The van der Waals surface area contributed by atoms with Gasteiger partial charge < -0.3 is 10.1 Å². The monoisotopic (exact) mass is 365 g/mol. The molecular weight excluding hydrogens is 342 g/mol. The molecule has 0 unspecified atom stereocenters. The van der Waals surface area contributed by atoms with Crippen LogP contribution in [0.3, 0.4) is 0 Å². The highest BCUT2D eigenvalue weighted by molar-refractivity contribution is 5.83. The number of carbonyl (C=O) groups is 1. The van der Waals surface area contributed by atoms with E-state index in [-0.39, 0.29) is 18.4 Å². The van der Waals surface area contributed by atoms with Gasteiger partial charge in [0.1, 0.15) is 5.75 Å². The van der Waals surface area contributed by atoms with Crippen LogP contribution < -0.4 is 10.1 Å². The Morgan fingerprint density at radius 3 is 2.52 bits per heavy atom. The van der Waals surface area contributed by atoms with Gasteiger partial charge in [0.15, 0.2) is 5.82 Å². The summed E-state index contributed by atoms with van der Waals surface area (Å²) in [5.74, 6) is 1.12. The molecule has 0 aliphatic carbocycles. The number of tetrazole rings is 1. The molecule has 140 valence electrons. The molecule has 0 bridgehead atoms. The van der Waals surface area contributed by atoms with E-state index in [1.807, 2.05) is 68.4 Å². The molecule has 7 nitrogen and oxygen atoms in total. The molecule has 27 heavy (non-hydrogen) atoms. The second-order valence-electron chi connectivity index (χ2n) is 6.02. The van der Waals surface area contributed by atoms with Crippen LogP contribution >= 0.6 is 0 Å². The Balaban J connectivity index is 1.68. The smallest absolute Gasteiger partial charge is 0.227 e. The number of benzene rings is 2. The van der Waals surface area contributed by atoms with Gasteiger partial charge in [0.25, 0.3) is 0 Å². The van der Waals surface area contributed by atoms with Crippen LogP contribution in [0, 0.1) is 0 Å². The number of nitrogens with zero attached hydrogens (tertiary/aromatic N) is 4. The predicted molar refractivity (Wildman–Crippen MR) is 102 cm³/mol. The number of ether oxygens (including phenoxy) is 1. The summed E-state index contributed by atoms with van der Waals surface area (Å²) in [6.45, 7) is 4.81. The first-order chi connectivity index (χ1) is 13.2. The molecule has 0 aliphatic rings. The number of aromatic nitrogens is 4. The second-order valence-corrected chi connectivity index (χ2v) is 6.02. The molecule has 1 aromatic heterocycles. The maximum atomic E-state index is 12.6. The second kappa shape index (κ2) is 8.93. The molecular formula is C20H23N5O2. The largest absolute Gasteiger partial charge is 0.494 e. The standard InChI is InChI=1S/C20H23N5O2/c1-3-18(15-8-6-5-7-9-15)20(26)21-14-19-22-23-24-25(19)16-10-12-17(13-11-16)27-4-2/h5-13,18H,3-4,14H2,1-2H3,(H,21,26)/t18-/m0/s1. The third-order valence-electron chi connectivity index (χ3n) is 4.27. The number of carbonyl (C=O) groups excluding carboxylic acids is 1. The lowest BCUT2D eigenvalue weighted by atomic mass is 9.96. The lowest BCUT2D eigenvalue weighted by Gasteiger charge is -2.15. The molecule has 0 saturated carbocycles. The van der Waals surface area contributed by atoms with Gasteiger partial charge in [-0.25, -0.2) is 0 Å². The first-order valence-electron chi connectivity index (χ1n) is 9.06. The van der Waals surface area contributed by atoms with Crippen molar-refractivity contribution in [2.45, 2.75) is 32.7 Å². The Kier molecular flexibility index (Phi) is 6.14. The third kappa shape index (κ3) is 4.49. The highest BCUT2D eigenvalue weighted by Gasteiger charge is 2.19. The Morgan fingerprint density at radius 1 is 1.11 bits per heavy atom. The minimum Gasteiger partial charge on any atom is -0.494 e. The van der Waals surface area contributed by atoms with Gasteiger partial charge in [-0.05, 0) is 53.6 Å². The van der Waals surface area contributed by atoms with Crippen molar-refractivity contribution in [1.29, 1.82) is 0 Å². The number of hydrogen-bond acceptors (Lipinski definition) is 5. The Hall–Kier alpha value is -3.22. The summed E-state index contributed by atoms with van der Waals surface area (Å²) in [7, 11) is 0. The summed E-state index contributed by atoms with van der Waals surface area (Å²) < 4.78 is 7.06. The number of rotatable bonds is 8. The van der Waals surface area contributed by atoms with Gasteiger partial charge in [0.2, 0.25) is 5.91 Å². The van der Waals surface area contributed by atoms with Crippen LogP contribution in [0.2, 0.25) is 0 Å². The van der Waals surface area contributed by atoms with E-state index in [2.05, 4.69) is 20.8 Å². The van der Waals surface area contributed by atoms with E-state index in [0.29, 0.717) is 12.4 Å². The molecule has 1 N–H and O–H groups in total. The number of amides is 1. The zero-order chi connectivity index (χ0) is 19.1. The molecule has 0 spiro atoms. The molecule has 1 atom stereocenters. The lowest BCUT2D eigenvalue weighted by Crippen LogP contribution is -2.29. The Morgan fingerprint density at radius 2 is 1.85 bits per heavy atom. The van der Waals surface area contributed by atoms with Gasteiger partial charge in [-0.3, -0.25) is 4.79 Å². The summed E-state index contributed by atoms with van der Waals surface area (Å²) in [6.07, 6.45) is 0.722. The number of hydrogen-bond donors (Lipinski definition) is 1. The van der Waals surface area contributed by atoms with Gasteiger partial charge in [-0.2, -0.15) is 4.68 Å². The average Bonchev–Trinajstić information content (AvgIpc) is 3.17. The van der Waals surface area contributed by atoms with Crippen molar-refractivity contribution in [3.63, 3.8) is 0 Å². The first kappa shape index (κ1) is 18.6. The van der Waals surface area contributed by atoms with E-state index in [0.717, 1.165) is 23.4 Å². The van der Waals surface area contributed by atoms with Crippen LogP contribution in [0.1, 0.15) is 37.6 Å². The molecule has 1 heterocycles. The van der Waals surface area contributed by atoms with E-state index < -0.39 is 0 Å². The topological polar surface area (TPSA) is 81.9 Å². The van der Waals surface area contributed by atoms with Gasteiger partial charge in [-0.15, -0.1) is 5.10 Å². The minimum absolute atomic E-state index is 0.0371. The fourth-order valence-corrected chi connectivity index (χ4v) is 2.91. The van der Waals surface area contributed by atoms with Crippen LogP contribution in [0.4, 0.5) is 0 Å². The van der Waals surface area contributed by atoms with E-state index in [4.69, 9.17) is 4.74 Å². The Bertz CT molecular complexity index is 862. The van der Waals surface area contributed by atoms with Crippen LogP contribution in [0.5, 0.6) is 5.75 Å². The maximum Gasteiger partial charge on any atom is 0.227 e. The molecule has 0 aliphatic heterocycles. The summed E-state index contributed by atoms with van der Waals surface area (Å²) >= 11 is 0. The van der Waals surface area contributed by atoms with Crippen molar-refractivity contribution in [3.05, 3.63) is 66.0 Å². The Labute approximate surface area is 158 Å².